The standard InChI is InChI=1S/C32H36O8/c1-31(2,3)18-32(4,5)19-9-11-20(12-10-19)38-17-26(33)39-21-13-14-22-24(15-21)40-30(34)23-16-25(35-6)28(36-7)29(37-8)27(22)23/h9-16H,17-18H2,1-8H3. The molecule has 0 atom stereocenters. The van der Waals surface area contributed by atoms with Gasteiger partial charge in [-0.3, -0.25) is 0 Å². The first-order valence-corrected chi connectivity index (χ1v) is 13.0. The molecular formula is C32H36O8. The highest BCUT2D eigenvalue weighted by molar-refractivity contribution is 6.10. The van der Waals surface area contributed by atoms with E-state index in [1.807, 2.05) is 24.3 Å². The molecule has 212 valence electrons. The van der Waals surface area contributed by atoms with E-state index in [2.05, 4.69) is 34.6 Å². The van der Waals surface area contributed by atoms with Gasteiger partial charge in [0.05, 0.1) is 26.7 Å². The van der Waals surface area contributed by atoms with Crippen molar-refractivity contribution in [3.05, 3.63) is 64.5 Å². The summed E-state index contributed by atoms with van der Waals surface area (Å²) in [6.07, 6.45) is 1.03. The van der Waals surface area contributed by atoms with Crippen molar-refractivity contribution in [2.75, 3.05) is 27.9 Å². The zero-order chi connectivity index (χ0) is 29.2. The van der Waals surface area contributed by atoms with Gasteiger partial charge in [-0.1, -0.05) is 46.8 Å². The van der Waals surface area contributed by atoms with Gasteiger partial charge in [-0.2, -0.15) is 0 Å². The second kappa shape index (κ2) is 11.1. The maximum atomic E-state index is 12.8. The minimum absolute atomic E-state index is 0.00729. The lowest BCUT2D eigenvalue weighted by atomic mass is 9.72. The maximum absolute atomic E-state index is 12.8. The number of carbonyl (C=O) groups excluding carboxylic acids is 1. The summed E-state index contributed by atoms with van der Waals surface area (Å²) in [6.45, 7) is 10.9. The van der Waals surface area contributed by atoms with Gasteiger partial charge in [0.15, 0.2) is 18.1 Å². The predicted molar refractivity (Wildman–Crippen MR) is 154 cm³/mol. The second-order valence-electron chi connectivity index (χ2n) is 11.5. The van der Waals surface area contributed by atoms with E-state index < -0.39 is 11.6 Å². The minimum atomic E-state index is -0.595. The molecule has 0 N–H and O–H groups in total. The Hall–Kier alpha value is -4.20. The summed E-state index contributed by atoms with van der Waals surface area (Å²) in [7, 11) is 4.44. The fourth-order valence-corrected chi connectivity index (χ4v) is 5.33. The van der Waals surface area contributed by atoms with Crippen molar-refractivity contribution in [2.45, 2.75) is 46.5 Å². The molecule has 0 radical (unpaired) electrons. The third kappa shape index (κ3) is 6.01. The quantitative estimate of drug-likeness (QED) is 0.0991. The molecule has 1 aromatic heterocycles. The van der Waals surface area contributed by atoms with Crippen LogP contribution in [-0.4, -0.2) is 33.9 Å². The molecule has 0 aliphatic rings. The molecule has 4 rings (SSSR count). The van der Waals surface area contributed by atoms with E-state index in [9.17, 15) is 9.59 Å². The number of hydrogen-bond acceptors (Lipinski definition) is 8. The molecule has 0 saturated heterocycles. The molecule has 0 spiro atoms. The summed E-state index contributed by atoms with van der Waals surface area (Å²) < 4.78 is 33.1. The van der Waals surface area contributed by atoms with Crippen LogP contribution in [0.25, 0.3) is 21.7 Å². The Labute approximate surface area is 233 Å². The number of methoxy groups -OCH3 is 3. The molecule has 0 saturated carbocycles. The molecule has 1 heterocycles. The molecule has 0 amide bonds. The summed E-state index contributed by atoms with van der Waals surface area (Å²) in [5.41, 5.74) is 1.04. The fraction of sp³-hybridized carbons (Fsp3) is 0.375. The van der Waals surface area contributed by atoms with Gasteiger partial charge >= 0.3 is 11.6 Å². The summed E-state index contributed by atoms with van der Waals surface area (Å²) in [6, 6.07) is 14.1. The van der Waals surface area contributed by atoms with E-state index in [4.69, 9.17) is 28.1 Å². The number of fused-ring (bicyclic) bond motifs is 3. The first kappa shape index (κ1) is 28.8. The molecule has 3 aromatic carbocycles. The number of esters is 1. The van der Waals surface area contributed by atoms with Crippen molar-refractivity contribution in [3.63, 3.8) is 0 Å². The topological polar surface area (TPSA) is 93.4 Å². The maximum Gasteiger partial charge on any atom is 0.349 e. The average Bonchev–Trinajstić information content (AvgIpc) is 2.89. The summed E-state index contributed by atoms with van der Waals surface area (Å²) in [5.74, 6) is 1.21. The van der Waals surface area contributed by atoms with Crippen LogP contribution in [0.3, 0.4) is 0 Å². The van der Waals surface area contributed by atoms with Crippen molar-refractivity contribution in [1.29, 1.82) is 0 Å². The molecule has 8 heteroatoms. The van der Waals surface area contributed by atoms with Crippen molar-refractivity contribution < 1.29 is 32.9 Å². The smallest absolute Gasteiger partial charge is 0.349 e. The molecule has 4 aromatic rings. The van der Waals surface area contributed by atoms with Crippen molar-refractivity contribution in [2.24, 2.45) is 5.41 Å². The Kier molecular flexibility index (Phi) is 8.00. The van der Waals surface area contributed by atoms with E-state index in [0.717, 1.165) is 6.42 Å². The van der Waals surface area contributed by atoms with Crippen LogP contribution < -0.4 is 29.3 Å². The molecule has 0 aliphatic carbocycles. The Morgan fingerprint density at radius 3 is 2.05 bits per heavy atom. The minimum Gasteiger partial charge on any atom is -0.493 e. The average molecular weight is 549 g/mol. The fourth-order valence-electron chi connectivity index (χ4n) is 5.33. The highest BCUT2D eigenvalue weighted by Crippen LogP contribution is 2.45. The van der Waals surface area contributed by atoms with Gasteiger partial charge in [0.25, 0.3) is 0 Å². The normalized spacial score (nSPS) is 11.9. The highest BCUT2D eigenvalue weighted by Gasteiger charge is 2.27. The molecular weight excluding hydrogens is 512 g/mol. The van der Waals surface area contributed by atoms with E-state index in [1.165, 1.54) is 33.0 Å². The lowest BCUT2D eigenvalue weighted by Crippen LogP contribution is -2.24. The zero-order valence-corrected chi connectivity index (χ0v) is 24.3. The Balaban J connectivity index is 1.52. The summed E-state index contributed by atoms with van der Waals surface area (Å²) in [4.78, 5) is 25.4. The first-order valence-electron chi connectivity index (χ1n) is 13.0. The molecule has 8 nitrogen and oxygen atoms in total. The van der Waals surface area contributed by atoms with E-state index in [-0.39, 0.29) is 34.2 Å². The van der Waals surface area contributed by atoms with Crippen LogP contribution in [0.5, 0.6) is 28.7 Å². The lowest BCUT2D eigenvalue weighted by molar-refractivity contribution is -0.136. The van der Waals surface area contributed by atoms with Gasteiger partial charge in [-0.25, -0.2) is 9.59 Å². The number of rotatable bonds is 9. The SMILES string of the molecule is COc1cc2c(=O)oc3cc(OC(=O)COc4ccc(C(C)(C)CC(C)(C)C)cc4)ccc3c2c(OC)c1OC. The van der Waals surface area contributed by atoms with Crippen LogP contribution in [0, 0.1) is 5.41 Å². The van der Waals surface area contributed by atoms with E-state index >= 15 is 0 Å². The van der Waals surface area contributed by atoms with Gasteiger partial charge in [0.1, 0.15) is 17.1 Å². The number of carbonyl (C=O) groups is 1. The van der Waals surface area contributed by atoms with Crippen LogP contribution in [0.1, 0.15) is 46.6 Å². The van der Waals surface area contributed by atoms with Gasteiger partial charge < -0.3 is 28.1 Å². The zero-order valence-electron chi connectivity index (χ0n) is 24.3. The molecule has 0 fully saturated rings. The van der Waals surface area contributed by atoms with E-state index in [0.29, 0.717) is 33.8 Å². The predicted octanol–water partition coefficient (Wildman–Crippen LogP) is 6.67. The van der Waals surface area contributed by atoms with Gasteiger partial charge in [0.2, 0.25) is 5.75 Å². The molecule has 0 unspecified atom stereocenters. The van der Waals surface area contributed by atoms with Gasteiger partial charge in [-0.15, -0.1) is 0 Å². The van der Waals surface area contributed by atoms with Crippen LogP contribution in [0.2, 0.25) is 0 Å². The molecule has 40 heavy (non-hydrogen) atoms. The van der Waals surface area contributed by atoms with Crippen LogP contribution in [-0.2, 0) is 10.2 Å². The van der Waals surface area contributed by atoms with Gasteiger partial charge in [-0.05, 0) is 53.1 Å². The summed E-state index contributed by atoms with van der Waals surface area (Å²) in [5, 5.41) is 1.35. The Bertz CT molecular complexity index is 1590. The Morgan fingerprint density at radius 1 is 0.800 bits per heavy atom. The molecule has 0 bridgehead atoms. The van der Waals surface area contributed by atoms with Crippen molar-refractivity contribution in [1.82, 2.24) is 0 Å². The number of ether oxygens (including phenoxy) is 5. The Morgan fingerprint density at radius 2 is 1.45 bits per heavy atom. The first-order chi connectivity index (χ1) is 18.9. The van der Waals surface area contributed by atoms with Crippen LogP contribution in [0.15, 0.2) is 57.7 Å². The monoisotopic (exact) mass is 548 g/mol. The largest absolute Gasteiger partial charge is 0.493 e. The van der Waals surface area contributed by atoms with Crippen molar-refractivity contribution in [3.8, 4) is 28.7 Å². The van der Waals surface area contributed by atoms with Crippen molar-refractivity contribution >= 4 is 27.7 Å². The highest BCUT2D eigenvalue weighted by atomic mass is 16.6. The third-order valence-corrected chi connectivity index (χ3v) is 6.67. The lowest BCUT2D eigenvalue weighted by Gasteiger charge is -2.33. The second-order valence-corrected chi connectivity index (χ2v) is 11.5. The van der Waals surface area contributed by atoms with E-state index in [1.54, 1.807) is 18.2 Å². The van der Waals surface area contributed by atoms with Gasteiger partial charge in [0, 0.05) is 16.8 Å². The number of benzene rings is 3. The van der Waals surface area contributed by atoms with Crippen LogP contribution in [0.4, 0.5) is 0 Å². The third-order valence-electron chi connectivity index (χ3n) is 6.67. The van der Waals surface area contributed by atoms with Crippen LogP contribution >= 0.6 is 0 Å². The molecule has 0 aliphatic heterocycles. The summed E-state index contributed by atoms with van der Waals surface area (Å²) >= 11 is 0. The number of hydrogen-bond donors (Lipinski definition) is 0.